The average Bonchev–Trinajstić information content (AvgIpc) is 3.30. The number of aromatic nitrogens is 2. The van der Waals surface area contributed by atoms with Gasteiger partial charge >= 0.3 is 0 Å². The van der Waals surface area contributed by atoms with Gasteiger partial charge in [-0.1, -0.05) is 61.5 Å². The molecule has 3 aromatic rings. The maximum atomic E-state index is 13.2. The van der Waals surface area contributed by atoms with Gasteiger partial charge in [0.25, 0.3) is 0 Å². The quantitative estimate of drug-likeness (QED) is 0.649. The Hall–Kier alpha value is -2.92. The summed E-state index contributed by atoms with van der Waals surface area (Å²) in [6.07, 6.45) is 6.07. The number of likely N-dealkylation sites (tertiary alicyclic amines) is 1. The molecule has 1 aliphatic rings. The molecule has 1 saturated heterocycles. The number of benzene rings is 2. The Morgan fingerprint density at radius 2 is 1.73 bits per heavy atom. The van der Waals surface area contributed by atoms with Gasteiger partial charge in [0.2, 0.25) is 5.91 Å². The predicted octanol–water partition coefficient (Wildman–Crippen LogP) is 4.02. The molecule has 5 nitrogen and oxygen atoms in total. The second-order valence-electron chi connectivity index (χ2n) is 8.24. The molecule has 1 aliphatic heterocycles. The molecule has 0 saturated carbocycles. The van der Waals surface area contributed by atoms with Crippen LogP contribution in [-0.2, 0) is 17.9 Å². The number of hydrogen-bond acceptors (Lipinski definition) is 3. The molecule has 0 bridgehead atoms. The van der Waals surface area contributed by atoms with E-state index in [0.717, 1.165) is 31.1 Å². The van der Waals surface area contributed by atoms with Crippen molar-refractivity contribution < 1.29 is 4.79 Å². The number of carbonyl (C=O) groups is 1. The van der Waals surface area contributed by atoms with Crippen LogP contribution in [-0.4, -0.2) is 33.7 Å². The third-order valence-corrected chi connectivity index (χ3v) is 5.99. The maximum Gasteiger partial charge on any atom is 0.249 e. The topological polar surface area (TPSA) is 50.2 Å². The standard InChI is InChI=1S/C25H30N4O/c1-20-12-16-28(17-13-20)19-23-11-6-5-10-22(23)18-26-25(30)24(29-15-7-14-27-29)21-8-3-2-4-9-21/h2-11,14-15,20,24H,12-13,16-19H2,1H3,(H,26,30). The zero-order valence-electron chi connectivity index (χ0n) is 17.6. The van der Waals surface area contributed by atoms with E-state index in [1.807, 2.05) is 48.7 Å². The largest absolute Gasteiger partial charge is 0.350 e. The van der Waals surface area contributed by atoms with Gasteiger partial charge in [-0.2, -0.15) is 5.10 Å². The molecule has 5 heteroatoms. The fraction of sp³-hybridized carbons (Fsp3) is 0.360. The van der Waals surface area contributed by atoms with E-state index in [-0.39, 0.29) is 5.91 Å². The molecule has 30 heavy (non-hydrogen) atoms. The van der Waals surface area contributed by atoms with E-state index < -0.39 is 6.04 Å². The van der Waals surface area contributed by atoms with Crippen LogP contribution < -0.4 is 5.32 Å². The van der Waals surface area contributed by atoms with Crippen molar-refractivity contribution in [1.29, 1.82) is 0 Å². The van der Waals surface area contributed by atoms with Crippen molar-refractivity contribution in [2.75, 3.05) is 13.1 Å². The highest BCUT2D eigenvalue weighted by molar-refractivity contribution is 5.83. The number of piperidine rings is 1. The van der Waals surface area contributed by atoms with E-state index in [2.05, 4.69) is 40.4 Å². The number of rotatable bonds is 7. The van der Waals surface area contributed by atoms with Gasteiger partial charge in [-0.25, -0.2) is 0 Å². The highest BCUT2D eigenvalue weighted by atomic mass is 16.2. The van der Waals surface area contributed by atoms with E-state index in [1.54, 1.807) is 10.9 Å². The van der Waals surface area contributed by atoms with E-state index >= 15 is 0 Å². The summed E-state index contributed by atoms with van der Waals surface area (Å²) < 4.78 is 1.71. The Balaban J connectivity index is 1.45. The van der Waals surface area contributed by atoms with Crippen molar-refractivity contribution in [3.8, 4) is 0 Å². The van der Waals surface area contributed by atoms with Gasteiger partial charge in [-0.3, -0.25) is 14.4 Å². The lowest BCUT2D eigenvalue weighted by Crippen LogP contribution is -2.34. The van der Waals surface area contributed by atoms with Gasteiger partial charge < -0.3 is 5.32 Å². The molecular weight excluding hydrogens is 372 g/mol. The first-order valence-electron chi connectivity index (χ1n) is 10.8. The molecule has 1 unspecified atom stereocenters. The van der Waals surface area contributed by atoms with Crippen molar-refractivity contribution in [3.05, 3.63) is 89.7 Å². The molecule has 0 radical (unpaired) electrons. The van der Waals surface area contributed by atoms with Gasteiger partial charge in [0, 0.05) is 25.5 Å². The average molecular weight is 403 g/mol. The monoisotopic (exact) mass is 402 g/mol. The van der Waals surface area contributed by atoms with Crippen LogP contribution in [0.4, 0.5) is 0 Å². The lowest BCUT2D eigenvalue weighted by atomic mass is 9.98. The Morgan fingerprint density at radius 1 is 1.03 bits per heavy atom. The van der Waals surface area contributed by atoms with Crippen molar-refractivity contribution in [2.45, 2.75) is 38.9 Å². The summed E-state index contributed by atoms with van der Waals surface area (Å²) >= 11 is 0. The summed E-state index contributed by atoms with van der Waals surface area (Å²) in [5, 5.41) is 7.47. The fourth-order valence-corrected chi connectivity index (χ4v) is 4.12. The number of nitrogens with one attached hydrogen (secondary N) is 1. The summed E-state index contributed by atoms with van der Waals surface area (Å²) in [5.74, 6) is 0.777. The molecule has 0 aliphatic carbocycles. The zero-order chi connectivity index (χ0) is 20.8. The Bertz CT molecular complexity index is 931. The molecule has 4 rings (SSSR count). The number of carbonyl (C=O) groups excluding carboxylic acids is 1. The molecule has 2 aromatic carbocycles. The van der Waals surface area contributed by atoms with Gasteiger partial charge in [-0.05, 0) is 54.6 Å². The minimum atomic E-state index is -0.475. The number of nitrogens with zero attached hydrogens (tertiary/aromatic N) is 3. The van der Waals surface area contributed by atoms with Gasteiger partial charge in [0.15, 0.2) is 6.04 Å². The molecular formula is C25H30N4O. The Morgan fingerprint density at radius 3 is 2.43 bits per heavy atom. The van der Waals surface area contributed by atoms with E-state index in [0.29, 0.717) is 6.54 Å². The van der Waals surface area contributed by atoms with Gasteiger partial charge in [0.1, 0.15) is 0 Å². The molecule has 1 atom stereocenters. The first-order valence-corrected chi connectivity index (χ1v) is 10.8. The molecule has 1 fully saturated rings. The molecule has 1 aromatic heterocycles. The Labute approximate surface area is 178 Å². The van der Waals surface area contributed by atoms with E-state index in [4.69, 9.17) is 0 Å². The van der Waals surface area contributed by atoms with Crippen LogP contribution in [0.5, 0.6) is 0 Å². The minimum Gasteiger partial charge on any atom is -0.350 e. The highest BCUT2D eigenvalue weighted by Gasteiger charge is 2.23. The smallest absolute Gasteiger partial charge is 0.249 e. The zero-order valence-corrected chi connectivity index (χ0v) is 17.6. The number of amides is 1. The minimum absolute atomic E-state index is 0.0495. The summed E-state index contributed by atoms with van der Waals surface area (Å²) in [4.78, 5) is 15.7. The summed E-state index contributed by atoms with van der Waals surface area (Å²) in [5.41, 5.74) is 3.40. The van der Waals surface area contributed by atoms with Gasteiger partial charge in [0.05, 0.1) is 0 Å². The van der Waals surface area contributed by atoms with Crippen LogP contribution in [0.3, 0.4) is 0 Å². The maximum absolute atomic E-state index is 13.2. The van der Waals surface area contributed by atoms with Crippen molar-refractivity contribution in [2.24, 2.45) is 5.92 Å². The second-order valence-corrected chi connectivity index (χ2v) is 8.24. The van der Waals surface area contributed by atoms with Crippen LogP contribution in [0.2, 0.25) is 0 Å². The SMILES string of the molecule is CC1CCN(Cc2ccccc2CNC(=O)C(c2ccccc2)n2cccn2)CC1. The van der Waals surface area contributed by atoms with E-state index in [9.17, 15) is 4.79 Å². The Kier molecular flexibility index (Phi) is 6.60. The normalized spacial score (nSPS) is 16.3. The summed E-state index contributed by atoms with van der Waals surface area (Å²) in [7, 11) is 0. The lowest BCUT2D eigenvalue weighted by Gasteiger charge is -2.30. The highest BCUT2D eigenvalue weighted by Crippen LogP contribution is 2.21. The summed E-state index contributed by atoms with van der Waals surface area (Å²) in [6.45, 7) is 6.10. The van der Waals surface area contributed by atoms with Crippen molar-refractivity contribution in [1.82, 2.24) is 20.0 Å². The predicted molar refractivity (Wildman–Crippen MR) is 119 cm³/mol. The number of hydrogen-bond donors (Lipinski definition) is 1. The van der Waals surface area contributed by atoms with Crippen LogP contribution in [0.15, 0.2) is 73.1 Å². The third kappa shape index (κ3) is 4.97. The molecule has 0 spiro atoms. The lowest BCUT2D eigenvalue weighted by molar-refractivity contribution is -0.123. The fourth-order valence-electron chi connectivity index (χ4n) is 4.12. The molecule has 156 valence electrons. The third-order valence-electron chi connectivity index (χ3n) is 5.99. The van der Waals surface area contributed by atoms with Crippen LogP contribution in [0, 0.1) is 5.92 Å². The summed E-state index contributed by atoms with van der Waals surface area (Å²) in [6, 6.07) is 19.6. The first-order chi connectivity index (χ1) is 14.7. The molecule has 1 N–H and O–H groups in total. The van der Waals surface area contributed by atoms with Crippen molar-refractivity contribution >= 4 is 5.91 Å². The second kappa shape index (κ2) is 9.72. The van der Waals surface area contributed by atoms with Crippen LogP contribution in [0.1, 0.15) is 42.5 Å². The first kappa shape index (κ1) is 20.4. The van der Waals surface area contributed by atoms with E-state index in [1.165, 1.54) is 24.0 Å². The molecule has 1 amide bonds. The molecule has 2 heterocycles. The van der Waals surface area contributed by atoms with Crippen LogP contribution >= 0.6 is 0 Å². The van der Waals surface area contributed by atoms with Crippen molar-refractivity contribution in [3.63, 3.8) is 0 Å². The van der Waals surface area contributed by atoms with Crippen LogP contribution in [0.25, 0.3) is 0 Å². The van der Waals surface area contributed by atoms with Gasteiger partial charge in [-0.15, -0.1) is 0 Å².